The molecule has 150 valence electrons. The molecule has 0 bridgehead atoms. The van der Waals surface area contributed by atoms with Gasteiger partial charge >= 0.3 is 0 Å². The van der Waals surface area contributed by atoms with E-state index >= 15 is 0 Å². The molecule has 0 spiro atoms. The third-order valence-electron chi connectivity index (χ3n) is 4.21. The first-order valence-corrected chi connectivity index (χ1v) is 10.4. The Hall–Kier alpha value is -2.77. The van der Waals surface area contributed by atoms with E-state index in [1.54, 1.807) is 24.3 Å². The molecule has 2 aromatic carbocycles. The van der Waals surface area contributed by atoms with Gasteiger partial charge in [0.25, 0.3) is 0 Å². The number of halogens is 1. The number of nitrogens with one attached hydrogen (secondary N) is 1. The van der Waals surface area contributed by atoms with Crippen molar-refractivity contribution < 1.29 is 19.0 Å². The Morgan fingerprint density at radius 3 is 2.83 bits per heavy atom. The Labute approximate surface area is 177 Å². The van der Waals surface area contributed by atoms with Gasteiger partial charge in [-0.2, -0.15) is 0 Å². The number of para-hydroxylation sites is 2. The van der Waals surface area contributed by atoms with Crippen LogP contribution >= 0.6 is 22.9 Å². The highest BCUT2D eigenvalue weighted by molar-refractivity contribution is 7.09. The Morgan fingerprint density at radius 2 is 2.00 bits per heavy atom. The third-order valence-corrected chi connectivity index (χ3v) is 5.33. The number of carbonyl (C=O) groups excluding carboxylic acids is 1. The fourth-order valence-electron chi connectivity index (χ4n) is 2.79. The zero-order valence-electron chi connectivity index (χ0n) is 15.5. The summed E-state index contributed by atoms with van der Waals surface area (Å²) >= 11 is 7.33. The molecule has 0 saturated carbocycles. The van der Waals surface area contributed by atoms with Crippen molar-refractivity contribution in [2.24, 2.45) is 0 Å². The molecule has 0 aliphatic carbocycles. The number of thiazole rings is 1. The zero-order valence-corrected chi connectivity index (χ0v) is 17.0. The van der Waals surface area contributed by atoms with Gasteiger partial charge in [0.1, 0.15) is 30.1 Å². The molecule has 1 aliphatic heterocycles. The van der Waals surface area contributed by atoms with Crippen LogP contribution in [0.1, 0.15) is 10.7 Å². The maximum Gasteiger partial charge on any atom is 0.226 e. The van der Waals surface area contributed by atoms with Crippen LogP contribution in [0.25, 0.3) is 0 Å². The van der Waals surface area contributed by atoms with Crippen molar-refractivity contribution >= 4 is 28.8 Å². The van der Waals surface area contributed by atoms with Crippen LogP contribution in [0.2, 0.25) is 5.02 Å². The standard InChI is InChI=1S/C21H19ClN2O4S/c22-14-5-7-16(8-6-14)26-12-21-24-15(13-29-21)9-20(25)23-10-17-11-27-18-3-1-2-4-19(18)28-17/h1-8,13,17H,9-12H2,(H,23,25). The Kier molecular flexibility index (Phi) is 6.17. The molecule has 6 nitrogen and oxygen atoms in total. The number of carbonyl (C=O) groups is 1. The maximum atomic E-state index is 12.2. The quantitative estimate of drug-likeness (QED) is 0.616. The SMILES string of the molecule is O=C(Cc1csc(COc2ccc(Cl)cc2)n1)NCC1COc2ccccc2O1. The lowest BCUT2D eigenvalue weighted by Crippen LogP contribution is -2.41. The van der Waals surface area contributed by atoms with Gasteiger partial charge in [-0.1, -0.05) is 23.7 Å². The van der Waals surface area contributed by atoms with E-state index in [1.165, 1.54) is 11.3 Å². The third kappa shape index (κ3) is 5.40. The largest absolute Gasteiger partial charge is 0.486 e. The van der Waals surface area contributed by atoms with E-state index in [1.807, 2.05) is 29.6 Å². The molecule has 3 aromatic rings. The Morgan fingerprint density at radius 1 is 1.21 bits per heavy atom. The van der Waals surface area contributed by atoms with Crippen molar-refractivity contribution in [2.45, 2.75) is 19.1 Å². The summed E-state index contributed by atoms with van der Waals surface area (Å²) < 4.78 is 17.2. The number of fused-ring (bicyclic) bond motifs is 1. The van der Waals surface area contributed by atoms with Gasteiger partial charge in [0.15, 0.2) is 11.5 Å². The second kappa shape index (κ2) is 9.15. The first-order chi connectivity index (χ1) is 14.2. The lowest BCUT2D eigenvalue weighted by Gasteiger charge is -2.26. The second-order valence-corrected chi connectivity index (χ2v) is 7.83. The smallest absolute Gasteiger partial charge is 0.226 e. The van der Waals surface area contributed by atoms with Gasteiger partial charge in [-0.15, -0.1) is 11.3 Å². The lowest BCUT2D eigenvalue weighted by atomic mass is 10.2. The fourth-order valence-corrected chi connectivity index (χ4v) is 3.62. The summed E-state index contributed by atoms with van der Waals surface area (Å²) in [4.78, 5) is 16.7. The maximum absolute atomic E-state index is 12.2. The van der Waals surface area contributed by atoms with Gasteiger partial charge in [0.2, 0.25) is 5.91 Å². The molecular weight excluding hydrogens is 412 g/mol. The minimum atomic E-state index is -0.215. The van der Waals surface area contributed by atoms with E-state index in [9.17, 15) is 4.79 Å². The minimum Gasteiger partial charge on any atom is -0.486 e. The summed E-state index contributed by atoms with van der Waals surface area (Å²) in [7, 11) is 0. The van der Waals surface area contributed by atoms with Crippen LogP contribution < -0.4 is 19.5 Å². The van der Waals surface area contributed by atoms with Crippen LogP contribution in [0.4, 0.5) is 0 Å². The van der Waals surface area contributed by atoms with Crippen LogP contribution in [0.3, 0.4) is 0 Å². The average molecular weight is 431 g/mol. The second-order valence-electron chi connectivity index (χ2n) is 6.45. The van der Waals surface area contributed by atoms with Crippen molar-refractivity contribution in [1.82, 2.24) is 10.3 Å². The predicted molar refractivity (Wildman–Crippen MR) is 111 cm³/mol. The summed E-state index contributed by atoms with van der Waals surface area (Å²) in [5.41, 5.74) is 0.716. The van der Waals surface area contributed by atoms with E-state index in [-0.39, 0.29) is 18.4 Å². The monoisotopic (exact) mass is 430 g/mol. The van der Waals surface area contributed by atoms with Gasteiger partial charge in [0, 0.05) is 10.4 Å². The molecule has 8 heteroatoms. The van der Waals surface area contributed by atoms with E-state index in [0.717, 1.165) is 16.5 Å². The number of aromatic nitrogens is 1. The first-order valence-electron chi connectivity index (χ1n) is 9.12. The summed E-state index contributed by atoms with van der Waals surface area (Å²) in [6, 6.07) is 14.7. The minimum absolute atomic E-state index is 0.108. The number of amides is 1. The Bertz CT molecular complexity index is 977. The average Bonchev–Trinajstić information content (AvgIpc) is 3.19. The van der Waals surface area contributed by atoms with Crippen molar-refractivity contribution in [3.05, 3.63) is 69.6 Å². The number of hydrogen-bond donors (Lipinski definition) is 1. The highest BCUT2D eigenvalue weighted by Gasteiger charge is 2.21. The van der Waals surface area contributed by atoms with E-state index in [2.05, 4.69) is 10.3 Å². The summed E-state index contributed by atoms with van der Waals surface area (Å²) in [5.74, 6) is 2.04. The van der Waals surface area contributed by atoms with Crippen LogP contribution in [0, 0.1) is 0 Å². The molecule has 2 heterocycles. The number of hydrogen-bond acceptors (Lipinski definition) is 6. The molecule has 1 amide bonds. The van der Waals surface area contributed by atoms with Crippen molar-refractivity contribution in [2.75, 3.05) is 13.2 Å². The number of benzene rings is 2. The predicted octanol–water partition coefficient (Wildman–Crippen LogP) is 3.87. The topological polar surface area (TPSA) is 69.7 Å². The molecule has 0 radical (unpaired) electrons. The molecule has 0 fully saturated rings. The number of nitrogens with zero attached hydrogens (tertiary/aromatic N) is 1. The van der Waals surface area contributed by atoms with E-state index in [4.69, 9.17) is 25.8 Å². The molecule has 0 saturated heterocycles. The first kappa shape index (κ1) is 19.5. The van der Waals surface area contributed by atoms with Gasteiger partial charge in [-0.05, 0) is 36.4 Å². The Balaban J connectivity index is 1.22. The molecule has 4 rings (SSSR count). The van der Waals surface area contributed by atoms with E-state index < -0.39 is 0 Å². The van der Waals surface area contributed by atoms with Gasteiger partial charge < -0.3 is 19.5 Å². The fraction of sp³-hybridized carbons (Fsp3) is 0.238. The number of rotatable bonds is 7. The summed E-state index contributed by atoms with van der Waals surface area (Å²) in [5, 5.41) is 6.22. The molecule has 1 unspecified atom stereocenters. The van der Waals surface area contributed by atoms with E-state index in [0.29, 0.717) is 36.2 Å². The molecule has 1 aliphatic rings. The molecular formula is C21H19ClN2O4S. The molecule has 1 atom stereocenters. The van der Waals surface area contributed by atoms with Gasteiger partial charge in [-0.3, -0.25) is 4.79 Å². The van der Waals surface area contributed by atoms with Gasteiger partial charge in [0.05, 0.1) is 18.7 Å². The van der Waals surface area contributed by atoms with Crippen molar-refractivity contribution in [1.29, 1.82) is 0 Å². The normalized spacial score (nSPS) is 15.0. The zero-order chi connectivity index (χ0) is 20.1. The highest BCUT2D eigenvalue weighted by Crippen LogP contribution is 2.30. The van der Waals surface area contributed by atoms with Crippen LogP contribution in [0.5, 0.6) is 17.2 Å². The van der Waals surface area contributed by atoms with Crippen LogP contribution in [-0.4, -0.2) is 30.1 Å². The van der Waals surface area contributed by atoms with Gasteiger partial charge in [-0.25, -0.2) is 4.98 Å². The van der Waals surface area contributed by atoms with Crippen molar-refractivity contribution in [3.8, 4) is 17.2 Å². The molecule has 1 N–H and O–H groups in total. The molecule has 29 heavy (non-hydrogen) atoms. The summed E-state index contributed by atoms with van der Waals surface area (Å²) in [6.07, 6.45) is -0.00524. The van der Waals surface area contributed by atoms with Crippen LogP contribution in [0.15, 0.2) is 53.9 Å². The summed E-state index contributed by atoms with van der Waals surface area (Å²) in [6.45, 7) is 1.13. The number of ether oxygens (including phenoxy) is 3. The van der Waals surface area contributed by atoms with Crippen LogP contribution in [-0.2, 0) is 17.8 Å². The van der Waals surface area contributed by atoms with Crippen molar-refractivity contribution in [3.63, 3.8) is 0 Å². The molecule has 1 aromatic heterocycles. The highest BCUT2D eigenvalue weighted by atomic mass is 35.5. The lowest BCUT2D eigenvalue weighted by molar-refractivity contribution is -0.121.